The Morgan fingerprint density at radius 2 is 2.00 bits per heavy atom. The third-order valence-corrected chi connectivity index (χ3v) is 2.61. The monoisotopic (exact) mass is 296 g/mol. The van der Waals surface area contributed by atoms with Gasteiger partial charge in [0.2, 0.25) is 0 Å². The van der Waals surface area contributed by atoms with Gasteiger partial charge in [0.1, 0.15) is 5.75 Å². The van der Waals surface area contributed by atoms with Crippen LogP contribution in [-0.2, 0) is 4.74 Å². The van der Waals surface area contributed by atoms with Gasteiger partial charge < -0.3 is 25.2 Å². The third-order valence-electron chi connectivity index (χ3n) is 2.61. The van der Waals surface area contributed by atoms with E-state index in [-0.39, 0.29) is 13.2 Å². The number of carbonyl (C=O) groups is 1. The summed E-state index contributed by atoms with van der Waals surface area (Å²) in [4.78, 5) is 11.7. The van der Waals surface area contributed by atoms with Gasteiger partial charge in [-0.2, -0.15) is 0 Å². The highest BCUT2D eigenvalue weighted by atomic mass is 16.5. The number of methoxy groups -OCH3 is 1. The molecule has 3 N–H and O–H groups in total. The second kappa shape index (κ2) is 9.20. The van der Waals surface area contributed by atoms with Crippen molar-refractivity contribution in [2.24, 2.45) is 5.92 Å². The van der Waals surface area contributed by atoms with Gasteiger partial charge in [-0.05, 0) is 18.1 Å². The maximum Gasteiger partial charge on any atom is 0.319 e. The lowest BCUT2D eigenvalue weighted by Crippen LogP contribution is -2.37. The number of nitrogens with one attached hydrogen (secondary N) is 2. The zero-order valence-electron chi connectivity index (χ0n) is 12.8. The van der Waals surface area contributed by atoms with Crippen LogP contribution in [0.3, 0.4) is 0 Å². The highest BCUT2D eigenvalue weighted by molar-refractivity contribution is 5.90. The molecule has 0 saturated carbocycles. The Morgan fingerprint density at radius 1 is 1.29 bits per heavy atom. The number of benzene rings is 1. The molecule has 1 aromatic carbocycles. The van der Waals surface area contributed by atoms with Gasteiger partial charge in [0, 0.05) is 13.2 Å². The fraction of sp³-hybridized carbons (Fsp3) is 0.533. The Balaban J connectivity index is 2.30. The van der Waals surface area contributed by atoms with E-state index in [4.69, 9.17) is 9.47 Å². The Morgan fingerprint density at radius 3 is 2.67 bits per heavy atom. The predicted octanol–water partition coefficient (Wildman–Crippen LogP) is 1.85. The molecule has 1 atom stereocenters. The fourth-order valence-electron chi connectivity index (χ4n) is 1.62. The van der Waals surface area contributed by atoms with Crippen LogP contribution in [0.2, 0.25) is 0 Å². The summed E-state index contributed by atoms with van der Waals surface area (Å²) in [5, 5.41) is 14.9. The number of hydrogen-bond acceptors (Lipinski definition) is 4. The van der Waals surface area contributed by atoms with E-state index in [0.29, 0.717) is 24.0 Å². The van der Waals surface area contributed by atoms with Crippen molar-refractivity contribution in [2.45, 2.75) is 20.0 Å². The molecular formula is C15H24N2O4. The molecule has 1 rings (SSSR count). The van der Waals surface area contributed by atoms with E-state index in [0.717, 1.165) is 0 Å². The lowest BCUT2D eigenvalue weighted by atomic mass is 10.2. The number of ether oxygens (including phenoxy) is 2. The largest absolute Gasteiger partial charge is 0.495 e. The Labute approximate surface area is 125 Å². The van der Waals surface area contributed by atoms with Crippen LogP contribution in [0.15, 0.2) is 24.3 Å². The highest BCUT2D eigenvalue weighted by Gasteiger charge is 2.09. The Kier molecular flexibility index (Phi) is 7.56. The minimum atomic E-state index is -0.729. The summed E-state index contributed by atoms with van der Waals surface area (Å²) >= 11 is 0. The molecule has 2 amide bonds. The molecule has 0 aliphatic carbocycles. The van der Waals surface area contributed by atoms with Gasteiger partial charge in [-0.3, -0.25) is 0 Å². The van der Waals surface area contributed by atoms with Crippen LogP contribution >= 0.6 is 0 Å². The van der Waals surface area contributed by atoms with Crippen molar-refractivity contribution in [3.05, 3.63) is 24.3 Å². The van der Waals surface area contributed by atoms with Crippen LogP contribution in [0.1, 0.15) is 13.8 Å². The normalized spacial score (nSPS) is 12.0. The quantitative estimate of drug-likeness (QED) is 0.684. The first-order valence-electron chi connectivity index (χ1n) is 6.96. The number of urea groups is 1. The number of anilines is 1. The molecule has 0 saturated heterocycles. The molecule has 1 aromatic rings. The molecule has 0 aliphatic rings. The first-order chi connectivity index (χ1) is 10.0. The van der Waals surface area contributed by atoms with Crippen molar-refractivity contribution < 1.29 is 19.4 Å². The van der Waals surface area contributed by atoms with Gasteiger partial charge >= 0.3 is 6.03 Å². The van der Waals surface area contributed by atoms with Crippen molar-refractivity contribution in [2.75, 3.05) is 32.2 Å². The van der Waals surface area contributed by atoms with Crippen LogP contribution in [-0.4, -0.2) is 44.1 Å². The number of rotatable bonds is 8. The van der Waals surface area contributed by atoms with Crippen molar-refractivity contribution in [1.29, 1.82) is 0 Å². The van der Waals surface area contributed by atoms with Crippen molar-refractivity contribution >= 4 is 11.7 Å². The van der Waals surface area contributed by atoms with E-state index in [2.05, 4.69) is 10.6 Å². The minimum absolute atomic E-state index is 0.124. The van der Waals surface area contributed by atoms with Gasteiger partial charge in [0.15, 0.2) is 0 Å². The smallest absolute Gasteiger partial charge is 0.319 e. The van der Waals surface area contributed by atoms with Gasteiger partial charge in [-0.15, -0.1) is 0 Å². The first-order valence-corrected chi connectivity index (χ1v) is 6.96. The molecule has 0 spiro atoms. The maximum atomic E-state index is 11.7. The Bertz CT molecular complexity index is 437. The second-order valence-electron chi connectivity index (χ2n) is 5.12. The molecule has 1 unspecified atom stereocenters. The predicted molar refractivity (Wildman–Crippen MR) is 81.7 cm³/mol. The molecule has 0 bridgehead atoms. The molecule has 118 valence electrons. The molecular weight excluding hydrogens is 272 g/mol. The second-order valence-corrected chi connectivity index (χ2v) is 5.12. The molecule has 21 heavy (non-hydrogen) atoms. The first kappa shape index (κ1) is 17.3. The lowest BCUT2D eigenvalue weighted by Gasteiger charge is -2.14. The SMILES string of the molecule is COc1ccccc1NC(=O)NCC(O)COCC(C)C. The summed E-state index contributed by atoms with van der Waals surface area (Å²) in [6.07, 6.45) is -0.729. The van der Waals surface area contributed by atoms with Gasteiger partial charge in [-0.25, -0.2) is 4.79 Å². The van der Waals surface area contributed by atoms with Crippen molar-refractivity contribution in [3.63, 3.8) is 0 Å². The number of para-hydroxylation sites is 2. The van der Waals surface area contributed by atoms with Crippen LogP contribution < -0.4 is 15.4 Å². The molecule has 6 heteroatoms. The average Bonchev–Trinajstić information content (AvgIpc) is 2.45. The number of carbonyl (C=O) groups excluding carboxylic acids is 1. The van der Waals surface area contributed by atoms with Crippen molar-refractivity contribution in [3.8, 4) is 5.75 Å². The number of hydrogen-bond donors (Lipinski definition) is 3. The molecule has 0 aliphatic heterocycles. The van der Waals surface area contributed by atoms with E-state index in [1.54, 1.807) is 18.2 Å². The van der Waals surface area contributed by atoms with Crippen LogP contribution in [0.25, 0.3) is 0 Å². The van der Waals surface area contributed by atoms with Crippen LogP contribution in [0.5, 0.6) is 5.75 Å². The number of amides is 2. The van der Waals surface area contributed by atoms with E-state index in [1.165, 1.54) is 7.11 Å². The third kappa shape index (κ3) is 6.97. The summed E-state index contributed by atoms with van der Waals surface area (Å²) < 4.78 is 10.4. The standard InChI is InChI=1S/C15H24N2O4/c1-11(2)9-21-10-12(18)8-16-15(19)17-13-6-4-5-7-14(13)20-3/h4-7,11-12,18H,8-10H2,1-3H3,(H2,16,17,19). The van der Waals surface area contributed by atoms with E-state index < -0.39 is 12.1 Å². The van der Waals surface area contributed by atoms with Crippen LogP contribution in [0.4, 0.5) is 10.5 Å². The van der Waals surface area contributed by atoms with E-state index in [1.807, 2.05) is 19.9 Å². The summed E-state index contributed by atoms with van der Waals surface area (Å²) in [6.45, 7) is 4.98. The van der Waals surface area contributed by atoms with Gasteiger partial charge in [0.05, 0.1) is 25.5 Å². The maximum absolute atomic E-state index is 11.7. The van der Waals surface area contributed by atoms with Gasteiger partial charge in [-0.1, -0.05) is 26.0 Å². The Hall–Kier alpha value is -1.79. The van der Waals surface area contributed by atoms with Crippen LogP contribution in [0, 0.1) is 5.92 Å². The topological polar surface area (TPSA) is 79.8 Å². The molecule has 0 aromatic heterocycles. The zero-order chi connectivity index (χ0) is 15.7. The minimum Gasteiger partial charge on any atom is -0.495 e. The summed E-state index contributed by atoms with van der Waals surface area (Å²) in [5.74, 6) is 0.993. The summed E-state index contributed by atoms with van der Waals surface area (Å²) in [6, 6.07) is 6.71. The summed E-state index contributed by atoms with van der Waals surface area (Å²) in [7, 11) is 1.54. The fourth-order valence-corrected chi connectivity index (χ4v) is 1.62. The van der Waals surface area contributed by atoms with E-state index in [9.17, 15) is 9.90 Å². The lowest BCUT2D eigenvalue weighted by molar-refractivity contribution is 0.0274. The summed E-state index contributed by atoms with van der Waals surface area (Å²) in [5.41, 5.74) is 0.572. The zero-order valence-corrected chi connectivity index (χ0v) is 12.8. The molecule has 0 radical (unpaired) electrons. The molecule has 0 fully saturated rings. The van der Waals surface area contributed by atoms with Gasteiger partial charge in [0.25, 0.3) is 0 Å². The van der Waals surface area contributed by atoms with Crippen molar-refractivity contribution in [1.82, 2.24) is 5.32 Å². The highest BCUT2D eigenvalue weighted by Crippen LogP contribution is 2.22. The number of aliphatic hydroxyl groups is 1. The molecule has 0 heterocycles. The molecule has 6 nitrogen and oxygen atoms in total. The number of aliphatic hydroxyl groups excluding tert-OH is 1. The van der Waals surface area contributed by atoms with E-state index >= 15 is 0 Å². The average molecular weight is 296 g/mol.